The number of hydrogen-bond donors (Lipinski definition) is 3. The zero-order valence-electron chi connectivity index (χ0n) is 23.2. The van der Waals surface area contributed by atoms with Crippen LogP contribution in [0.5, 0.6) is 0 Å². The standard InChI is InChI=1S/C28H45ClN4O5/c1-19-13-21(14-20(2)38-19)15-25(17-30-3)32-27(34)33-10-6-8-23(18-36-11-12-37-28(35)31-4)26(33)22-7-5-9-24(29)16-22/h5,7,9,16,19-21,23,25-26,30H,6,8,10-15,17-18H2,1-4H3,(H,31,35)(H,32,34)/t19-,20-,23-,25-,26-/m0/s1. The summed E-state index contributed by atoms with van der Waals surface area (Å²) < 4.78 is 16.9. The van der Waals surface area contributed by atoms with Crippen molar-refractivity contribution in [3.05, 3.63) is 34.9 Å². The second kappa shape index (κ2) is 15.5. The first-order valence-electron chi connectivity index (χ1n) is 13.9. The average molecular weight is 553 g/mol. The van der Waals surface area contributed by atoms with Crippen molar-refractivity contribution in [3.8, 4) is 0 Å². The first-order chi connectivity index (χ1) is 18.3. The van der Waals surface area contributed by atoms with E-state index in [1.165, 1.54) is 7.05 Å². The SMILES string of the molecule is CNC[C@H](CC1C[C@H](C)O[C@@H](C)C1)NC(=O)N1CCC[C@@H](COCCOC(=O)NC)[C@@H]1c1cccc(Cl)c1. The topological polar surface area (TPSA) is 101 Å². The van der Waals surface area contributed by atoms with E-state index in [1.54, 1.807) is 0 Å². The van der Waals surface area contributed by atoms with Gasteiger partial charge in [0.2, 0.25) is 0 Å². The number of likely N-dealkylation sites (N-methyl/N-ethyl adjacent to an activating group) is 1. The van der Waals surface area contributed by atoms with Gasteiger partial charge in [-0.1, -0.05) is 23.7 Å². The molecule has 2 heterocycles. The first-order valence-corrected chi connectivity index (χ1v) is 14.2. The number of likely N-dealkylation sites (tertiary alicyclic amines) is 1. The summed E-state index contributed by atoms with van der Waals surface area (Å²) in [6, 6.07) is 7.54. The van der Waals surface area contributed by atoms with Crippen LogP contribution in [-0.2, 0) is 14.2 Å². The van der Waals surface area contributed by atoms with Crippen LogP contribution < -0.4 is 16.0 Å². The number of ether oxygens (including phenoxy) is 3. The summed E-state index contributed by atoms with van der Waals surface area (Å²) in [6.45, 7) is 6.55. The third-order valence-electron chi connectivity index (χ3n) is 7.40. The third kappa shape index (κ3) is 9.29. The number of alkyl carbamates (subject to hydrolysis) is 1. The minimum atomic E-state index is -0.480. The Morgan fingerprint density at radius 3 is 2.63 bits per heavy atom. The number of piperidine rings is 1. The van der Waals surface area contributed by atoms with E-state index in [9.17, 15) is 9.59 Å². The van der Waals surface area contributed by atoms with Crippen LogP contribution in [0, 0.1) is 11.8 Å². The Kier molecular flexibility index (Phi) is 12.4. The van der Waals surface area contributed by atoms with Gasteiger partial charge in [0.25, 0.3) is 0 Å². The summed E-state index contributed by atoms with van der Waals surface area (Å²) in [5, 5.41) is 9.66. The van der Waals surface area contributed by atoms with E-state index in [4.69, 9.17) is 25.8 Å². The van der Waals surface area contributed by atoms with Gasteiger partial charge in [0.1, 0.15) is 6.61 Å². The van der Waals surface area contributed by atoms with Crippen LogP contribution in [0.15, 0.2) is 24.3 Å². The number of benzene rings is 1. The van der Waals surface area contributed by atoms with Crippen LogP contribution in [0.3, 0.4) is 0 Å². The molecule has 1 aromatic carbocycles. The molecule has 0 aromatic heterocycles. The molecule has 9 nitrogen and oxygen atoms in total. The van der Waals surface area contributed by atoms with Crippen LogP contribution in [0.1, 0.15) is 57.6 Å². The fourth-order valence-corrected chi connectivity index (χ4v) is 6.15. The highest BCUT2D eigenvalue weighted by Crippen LogP contribution is 2.37. The number of amides is 3. The Labute approximate surface area is 232 Å². The molecule has 2 aliphatic rings. The highest BCUT2D eigenvalue weighted by molar-refractivity contribution is 6.30. The lowest BCUT2D eigenvalue weighted by molar-refractivity contribution is -0.0547. The van der Waals surface area contributed by atoms with Gasteiger partial charge in [0.05, 0.1) is 31.5 Å². The largest absolute Gasteiger partial charge is 0.447 e. The van der Waals surface area contributed by atoms with Gasteiger partial charge in [-0.25, -0.2) is 9.59 Å². The molecule has 0 aliphatic carbocycles. The number of urea groups is 1. The van der Waals surface area contributed by atoms with Crippen LogP contribution in [0.2, 0.25) is 5.02 Å². The van der Waals surface area contributed by atoms with E-state index in [2.05, 4.69) is 29.8 Å². The number of hydrogen-bond acceptors (Lipinski definition) is 6. The molecule has 0 bridgehead atoms. The molecule has 2 fully saturated rings. The summed E-state index contributed by atoms with van der Waals surface area (Å²) in [6.07, 6.45) is 4.76. The molecule has 5 atom stereocenters. The van der Waals surface area contributed by atoms with Crippen molar-refractivity contribution in [3.63, 3.8) is 0 Å². The molecule has 2 aliphatic heterocycles. The van der Waals surface area contributed by atoms with E-state index >= 15 is 0 Å². The molecule has 38 heavy (non-hydrogen) atoms. The summed E-state index contributed by atoms with van der Waals surface area (Å²) in [7, 11) is 3.44. The van der Waals surface area contributed by atoms with Crippen LogP contribution >= 0.6 is 11.6 Å². The molecule has 3 N–H and O–H groups in total. The third-order valence-corrected chi connectivity index (χ3v) is 7.63. The molecule has 3 rings (SSSR count). The van der Waals surface area contributed by atoms with E-state index in [0.717, 1.165) is 37.7 Å². The molecule has 1 aromatic rings. The van der Waals surface area contributed by atoms with Crippen molar-refractivity contribution in [2.24, 2.45) is 11.8 Å². The van der Waals surface area contributed by atoms with Gasteiger partial charge in [0.15, 0.2) is 0 Å². The average Bonchev–Trinajstić information content (AvgIpc) is 2.87. The lowest BCUT2D eigenvalue weighted by Gasteiger charge is -2.42. The predicted molar refractivity (Wildman–Crippen MR) is 148 cm³/mol. The number of nitrogens with one attached hydrogen (secondary N) is 3. The molecule has 3 amide bonds. The number of carbonyl (C=O) groups excluding carboxylic acids is 2. The maximum Gasteiger partial charge on any atom is 0.406 e. The zero-order valence-corrected chi connectivity index (χ0v) is 24.0. The lowest BCUT2D eigenvalue weighted by atomic mass is 9.85. The smallest absolute Gasteiger partial charge is 0.406 e. The zero-order chi connectivity index (χ0) is 27.5. The van der Waals surface area contributed by atoms with E-state index in [-0.39, 0.29) is 42.8 Å². The van der Waals surface area contributed by atoms with Crippen molar-refractivity contribution in [1.82, 2.24) is 20.9 Å². The minimum Gasteiger partial charge on any atom is -0.447 e. The van der Waals surface area contributed by atoms with Gasteiger partial charge in [-0.2, -0.15) is 0 Å². The quantitative estimate of drug-likeness (QED) is 0.353. The van der Waals surface area contributed by atoms with Gasteiger partial charge in [-0.15, -0.1) is 0 Å². The molecule has 214 valence electrons. The number of nitrogens with zero attached hydrogens (tertiary/aromatic N) is 1. The Morgan fingerprint density at radius 2 is 1.95 bits per heavy atom. The Hall–Kier alpha value is -2.07. The van der Waals surface area contributed by atoms with Gasteiger partial charge in [0, 0.05) is 37.1 Å². The molecular formula is C28H45ClN4O5. The van der Waals surface area contributed by atoms with Crippen LogP contribution in [0.4, 0.5) is 9.59 Å². The Bertz CT molecular complexity index is 881. The maximum atomic E-state index is 13.8. The van der Waals surface area contributed by atoms with Gasteiger partial charge >= 0.3 is 12.1 Å². The van der Waals surface area contributed by atoms with Gasteiger partial charge in [-0.05, 0) is 76.6 Å². The van der Waals surface area contributed by atoms with Crippen molar-refractivity contribution >= 4 is 23.7 Å². The van der Waals surface area contributed by atoms with Crippen molar-refractivity contribution in [2.45, 2.75) is 70.2 Å². The van der Waals surface area contributed by atoms with E-state index < -0.39 is 6.09 Å². The Balaban J connectivity index is 1.69. The summed E-state index contributed by atoms with van der Waals surface area (Å²) in [4.78, 5) is 27.0. The van der Waals surface area contributed by atoms with Crippen molar-refractivity contribution in [1.29, 1.82) is 0 Å². The second-order valence-corrected chi connectivity index (χ2v) is 11.0. The minimum absolute atomic E-state index is 0.0218. The lowest BCUT2D eigenvalue weighted by Crippen LogP contribution is -2.53. The predicted octanol–water partition coefficient (Wildman–Crippen LogP) is 4.36. The van der Waals surface area contributed by atoms with Crippen LogP contribution in [0.25, 0.3) is 0 Å². The van der Waals surface area contributed by atoms with E-state index in [1.807, 2.05) is 36.2 Å². The Morgan fingerprint density at radius 1 is 1.18 bits per heavy atom. The van der Waals surface area contributed by atoms with E-state index in [0.29, 0.717) is 37.2 Å². The van der Waals surface area contributed by atoms with Gasteiger partial charge < -0.3 is 35.1 Å². The van der Waals surface area contributed by atoms with Crippen LogP contribution in [-0.4, -0.2) is 82.3 Å². The first kappa shape index (κ1) is 30.5. The molecule has 10 heteroatoms. The molecule has 0 saturated carbocycles. The number of rotatable bonds is 11. The number of carbonyl (C=O) groups is 2. The summed E-state index contributed by atoms with van der Waals surface area (Å²) >= 11 is 6.36. The summed E-state index contributed by atoms with van der Waals surface area (Å²) in [5.41, 5.74) is 1.000. The summed E-state index contributed by atoms with van der Waals surface area (Å²) in [5.74, 6) is 0.601. The molecule has 0 spiro atoms. The highest BCUT2D eigenvalue weighted by Gasteiger charge is 2.37. The molecule has 0 unspecified atom stereocenters. The monoisotopic (exact) mass is 552 g/mol. The van der Waals surface area contributed by atoms with Crippen molar-refractivity contribution in [2.75, 3.05) is 47.0 Å². The fraction of sp³-hybridized carbons (Fsp3) is 0.714. The number of halogens is 1. The fourth-order valence-electron chi connectivity index (χ4n) is 5.96. The van der Waals surface area contributed by atoms with Crippen molar-refractivity contribution < 1.29 is 23.8 Å². The maximum absolute atomic E-state index is 13.8. The molecule has 2 saturated heterocycles. The normalized spacial score (nSPS) is 26.4. The van der Waals surface area contributed by atoms with Gasteiger partial charge in [-0.3, -0.25) is 0 Å². The second-order valence-electron chi connectivity index (χ2n) is 10.6. The highest BCUT2D eigenvalue weighted by atomic mass is 35.5. The molecule has 0 radical (unpaired) electrons. The molecular weight excluding hydrogens is 508 g/mol.